The van der Waals surface area contributed by atoms with E-state index in [4.69, 9.17) is 4.74 Å². The van der Waals surface area contributed by atoms with Gasteiger partial charge in [-0.15, -0.1) is 11.3 Å². The Balaban J connectivity index is 2.25. The molecular formula is C24H30FN3O5S. The van der Waals surface area contributed by atoms with E-state index in [2.05, 4.69) is 5.32 Å². The van der Waals surface area contributed by atoms with Gasteiger partial charge in [-0.05, 0) is 70.4 Å². The lowest BCUT2D eigenvalue weighted by Crippen LogP contribution is -2.56. The van der Waals surface area contributed by atoms with Crippen LogP contribution in [0.5, 0.6) is 5.75 Å². The predicted octanol–water partition coefficient (Wildman–Crippen LogP) is 2.68. The minimum absolute atomic E-state index is 0.113. The van der Waals surface area contributed by atoms with Crippen molar-refractivity contribution in [3.8, 4) is 5.75 Å². The largest absolute Gasteiger partial charge is 0.496 e. The summed E-state index contributed by atoms with van der Waals surface area (Å²) in [5.74, 6) is -0.414. The monoisotopic (exact) mass is 491 g/mol. The second-order valence-corrected chi connectivity index (χ2v) is 10.0. The van der Waals surface area contributed by atoms with Gasteiger partial charge in [0.25, 0.3) is 5.56 Å². The highest BCUT2D eigenvalue weighted by Crippen LogP contribution is 2.29. The molecule has 0 fully saturated rings. The van der Waals surface area contributed by atoms with E-state index < -0.39 is 28.5 Å². The summed E-state index contributed by atoms with van der Waals surface area (Å²) in [7, 11) is 1.48. The molecule has 0 aliphatic heterocycles. The third-order valence-corrected chi connectivity index (χ3v) is 7.14. The van der Waals surface area contributed by atoms with Crippen molar-refractivity contribution in [2.45, 2.75) is 65.8 Å². The Morgan fingerprint density at radius 3 is 2.56 bits per heavy atom. The highest BCUT2D eigenvalue weighted by Gasteiger charge is 2.35. The first-order valence-electron chi connectivity index (χ1n) is 11.0. The van der Waals surface area contributed by atoms with Crippen LogP contribution < -0.4 is 21.3 Å². The third-order valence-electron chi connectivity index (χ3n) is 5.84. The van der Waals surface area contributed by atoms with Crippen LogP contribution in [0.25, 0.3) is 10.2 Å². The van der Waals surface area contributed by atoms with Crippen molar-refractivity contribution < 1.29 is 19.0 Å². The SMILES string of the molecule is COc1ccc(F)cc1CCn1c(=O)n(C(C)(C)C(=O)NC(C)C)c(=O)c2c(C)c(CO)sc21. The molecule has 3 rings (SSSR count). The number of amides is 1. The van der Waals surface area contributed by atoms with Gasteiger partial charge < -0.3 is 15.2 Å². The fourth-order valence-corrected chi connectivity index (χ4v) is 5.12. The highest BCUT2D eigenvalue weighted by atomic mass is 32.1. The maximum absolute atomic E-state index is 13.9. The number of halogens is 1. The molecule has 2 aromatic heterocycles. The minimum atomic E-state index is -1.47. The zero-order valence-electron chi connectivity index (χ0n) is 20.2. The Bertz CT molecular complexity index is 1350. The molecular weight excluding hydrogens is 461 g/mol. The molecule has 0 atom stereocenters. The third kappa shape index (κ3) is 4.52. The molecule has 0 radical (unpaired) electrons. The summed E-state index contributed by atoms with van der Waals surface area (Å²) in [5, 5.41) is 12.8. The van der Waals surface area contributed by atoms with Crippen molar-refractivity contribution in [2.75, 3.05) is 7.11 Å². The number of carbonyl (C=O) groups excluding carboxylic acids is 1. The van der Waals surface area contributed by atoms with Gasteiger partial charge in [0.1, 0.15) is 21.9 Å². The van der Waals surface area contributed by atoms with Crippen LogP contribution in [0, 0.1) is 12.7 Å². The van der Waals surface area contributed by atoms with Gasteiger partial charge in [0.2, 0.25) is 5.91 Å². The molecule has 2 N–H and O–H groups in total. The molecule has 0 unspecified atom stereocenters. The normalized spacial score (nSPS) is 11.9. The van der Waals surface area contributed by atoms with Gasteiger partial charge >= 0.3 is 5.69 Å². The minimum Gasteiger partial charge on any atom is -0.496 e. The zero-order chi connectivity index (χ0) is 25.4. The maximum atomic E-state index is 13.9. The van der Waals surface area contributed by atoms with Crippen LogP contribution in [0.3, 0.4) is 0 Å². The Morgan fingerprint density at radius 2 is 1.97 bits per heavy atom. The number of nitrogens with zero attached hydrogens (tertiary/aromatic N) is 2. The number of benzene rings is 1. The summed E-state index contributed by atoms with van der Waals surface area (Å²) in [6.07, 6.45) is 0.248. The number of nitrogens with one attached hydrogen (secondary N) is 1. The van der Waals surface area contributed by atoms with Crippen molar-refractivity contribution in [1.82, 2.24) is 14.5 Å². The van der Waals surface area contributed by atoms with Crippen LogP contribution in [0.1, 0.15) is 43.7 Å². The Hall–Kier alpha value is -2.98. The molecule has 2 heterocycles. The topological polar surface area (TPSA) is 103 Å². The Labute approximate surface area is 200 Å². The fourth-order valence-electron chi connectivity index (χ4n) is 3.95. The second kappa shape index (κ2) is 9.71. The van der Waals surface area contributed by atoms with Crippen molar-refractivity contribution in [3.63, 3.8) is 0 Å². The van der Waals surface area contributed by atoms with E-state index in [0.29, 0.717) is 26.6 Å². The number of methoxy groups -OCH3 is 1. The van der Waals surface area contributed by atoms with Gasteiger partial charge in [-0.2, -0.15) is 0 Å². The number of rotatable bonds is 8. The number of aliphatic hydroxyl groups excluding tert-OH is 1. The van der Waals surface area contributed by atoms with Gasteiger partial charge in [-0.3, -0.25) is 14.2 Å². The number of aliphatic hydroxyl groups is 1. The first kappa shape index (κ1) is 25.6. The summed E-state index contributed by atoms with van der Waals surface area (Å²) in [4.78, 5) is 41.1. The first-order valence-corrected chi connectivity index (χ1v) is 11.8. The molecule has 0 aliphatic rings. The quantitative estimate of drug-likeness (QED) is 0.504. The van der Waals surface area contributed by atoms with Gasteiger partial charge in [0.15, 0.2) is 0 Å². The molecule has 1 amide bonds. The molecule has 8 nitrogen and oxygen atoms in total. The van der Waals surface area contributed by atoms with Crippen LogP contribution in [-0.4, -0.2) is 33.3 Å². The summed E-state index contributed by atoms with van der Waals surface area (Å²) >= 11 is 1.16. The summed E-state index contributed by atoms with van der Waals surface area (Å²) in [6.45, 7) is 8.17. The summed E-state index contributed by atoms with van der Waals surface area (Å²) < 4.78 is 21.6. The van der Waals surface area contributed by atoms with Crippen molar-refractivity contribution in [3.05, 3.63) is 60.9 Å². The Kier molecular flexibility index (Phi) is 7.32. The van der Waals surface area contributed by atoms with Crippen LogP contribution in [0.2, 0.25) is 0 Å². The average Bonchev–Trinajstić information content (AvgIpc) is 3.09. The average molecular weight is 492 g/mol. The lowest BCUT2D eigenvalue weighted by molar-refractivity contribution is -0.129. The van der Waals surface area contributed by atoms with E-state index in [1.165, 1.54) is 43.7 Å². The number of ether oxygens (including phenoxy) is 1. The molecule has 0 saturated carbocycles. The molecule has 0 spiro atoms. The van der Waals surface area contributed by atoms with Crippen molar-refractivity contribution in [1.29, 1.82) is 0 Å². The van der Waals surface area contributed by atoms with E-state index >= 15 is 0 Å². The predicted molar refractivity (Wildman–Crippen MR) is 130 cm³/mol. The molecule has 34 heavy (non-hydrogen) atoms. The summed E-state index contributed by atoms with van der Waals surface area (Å²) in [6, 6.07) is 3.97. The standard InChI is InChI=1S/C24H30FN3O5S/c1-13(2)26-22(31)24(4,5)28-20(30)19-14(3)18(12-29)34-21(19)27(23(28)32)10-9-15-11-16(25)7-8-17(15)33-6/h7-8,11,13,29H,9-10,12H2,1-6H3,(H,26,31). The molecule has 3 aromatic rings. The number of aromatic nitrogens is 2. The number of aryl methyl sites for hydroxylation is 3. The van der Waals surface area contributed by atoms with Crippen molar-refractivity contribution >= 4 is 27.5 Å². The molecule has 0 bridgehead atoms. The van der Waals surface area contributed by atoms with Gasteiger partial charge in [0.05, 0.1) is 19.1 Å². The second-order valence-electron chi connectivity index (χ2n) is 8.96. The Morgan fingerprint density at radius 1 is 1.29 bits per heavy atom. The molecule has 10 heteroatoms. The number of thiophene rings is 1. The molecule has 1 aromatic carbocycles. The molecule has 184 valence electrons. The first-order chi connectivity index (χ1) is 15.9. The van der Waals surface area contributed by atoms with Crippen molar-refractivity contribution in [2.24, 2.45) is 0 Å². The van der Waals surface area contributed by atoms with E-state index in [9.17, 15) is 23.9 Å². The number of fused-ring (bicyclic) bond motifs is 1. The van der Waals surface area contributed by atoms with Crippen LogP contribution in [0.15, 0.2) is 27.8 Å². The zero-order valence-corrected chi connectivity index (χ0v) is 21.0. The smallest absolute Gasteiger partial charge is 0.333 e. The maximum Gasteiger partial charge on any atom is 0.333 e. The molecule has 0 aliphatic carbocycles. The van der Waals surface area contributed by atoms with Crippen LogP contribution in [0.4, 0.5) is 4.39 Å². The highest BCUT2D eigenvalue weighted by molar-refractivity contribution is 7.18. The number of carbonyl (C=O) groups is 1. The van der Waals surface area contributed by atoms with E-state index in [1.54, 1.807) is 20.8 Å². The van der Waals surface area contributed by atoms with Crippen LogP contribution >= 0.6 is 11.3 Å². The van der Waals surface area contributed by atoms with E-state index in [1.807, 2.05) is 0 Å². The molecule has 0 saturated heterocycles. The van der Waals surface area contributed by atoms with Crippen LogP contribution in [-0.2, 0) is 29.9 Å². The van der Waals surface area contributed by atoms with Gasteiger partial charge in [-0.25, -0.2) is 13.8 Å². The number of hydrogen-bond acceptors (Lipinski definition) is 6. The lowest BCUT2D eigenvalue weighted by Gasteiger charge is -2.27. The fraction of sp³-hybridized carbons (Fsp3) is 0.458. The lowest BCUT2D eigenvalue weighted by atomic mass is 10.0. The van der Waals surface area contributed by atoms with Gasteiger partial charge in [-0.1, -0.05) is 0 Å². The van der Waals surface area contributed by atoms with E-state index in [-0.39, 0.29) is 31.0 Å². The number of hydrogen-bond donors (Lipinski definition) is 2. The van der Waals surface area contributed by atoms with Gasteiger partial charge in [0, 0.05) is 17.5 Å². The van der Waals surface area contributed by atoms with E-state index in [0.717, 1.165) is 15.9 Å². The summed E-state index contributed by atoms with van der Waals surface area (Å²) in [5.41, 5.74) is -1.58.